The number of amides is 1. The van der Waals surface area contributed by atoms with Gasteiger partial charge in [-0.3, -0.25) is 14.9 Å². The molecule has 98 valence electrons. The molecule has 0 bridgehead atoms. The summed E-state index contributed by atoms with van der Waals surface area (Å²) in [7, 11) is 0. The van der Waals surface area contributed by atoms with E-state index in [0.29, 0.717) is 10.6 Å². The van der Waals surface area contributed by atoms with Gasteiger partial charge in [0.05, 0.1) is 4.92 Å². The lowest BCUT2D eigenvalue weighted by atomic mass is 10.1. The first-order chi connectivity index (χ1) is 8.40. The van der Waals surface area contributed by atoms with Crippen LogP contribution in [0.2, 0.25) is 5.02 Å². The Bertz CT molecular complexity index is 465. The molecule has 0 saturated carbocycles. The Morgan fingerprint density at radius 1 is 1.61 bits per heavy atom. The van der Waals surface area contributed by atoms with Crippen molar-refractivity contribution < 1.29 is 9.72 Å². The molecule has 0 aromatic heterocycles. The number of nitrogens with zero attached hydrogens (tertiary/aromatic N) is 1. The molecule has 3 N–H and O–H groups in total. The van der Waals surface area contributed by atoms with Gasteiger partial charge in [-0.15, -0.1) is 0 Å². The molecule has 0 aliphatic heterocycles. The summed E-state index contributed by atoms with van der Waals surface area (Å²) in [6, 6.07) is 4.21. The van der Waals surface area contributed by atoms with Crippen LogP contribution in [0.4, 0.5) is 5.69 Å². The van der Waals surface area contributed by atoms with Crippen LogP contribution in [0.3, 0.4) is 0 Å². The average Bonchev–Trinajstić information content (AvgIpc) is 2.25. The predicted octanol–water partition coefficient (Wildman–Crippen LogP) is 1.60. The molecule has 1 rings (SSSR count). The lowest BCUT2D eigenvalue weighted by Gasteiger charge is -2.12. The van der Waals surface area contributed by atoms with Crippen molar-refractivity contribution in [2.75, 3.05) is 0 Å². The van der Waals surface area contributed by atoms with E-state index in [1.165, 1.54) is 18.2 Å². The van der Waals surface area contributed by atoms with E-state index in [1.54, 1.807) is 6.92 Å². The number of carbonyl (C=O) groups is 1. The monoisotopic (exact) mass is 271 g/mol. The highest BCUT2D eigenvalue weighted by atomic mass is 35.5. The molecule has 0 fully saturated rings. The Morgan fingerprint density at radius 3 is 2.83 bits per heavy atom. The Morgan fingerprint density at radius 2 is 2.28 bits per heavy atom. The zero-order chi connectivity index (χ0) is 13.7. The largest absolute Gasteiger partial charge is 0.370 e. The van der Waals surface area contributed by atoms with E-state index in [2.05, 4.69) is 5.32 Å². The number of halogens is 1. The fraction of sp³-hybridized carbons (Fsp3) is 0.364. The maximum absolute atomic E-state index is 10.8. The van der Waals surface area contributed by atoms with Crippen LogP contribution in [0.25, 0.3) is 0 Å². The zero-order valence-electron chi connectivity index (χ0n) is 9.85. The molecule has 1 amide bonds. The second-order valence-corrected chi connectivity index (χ2v) is 4.42. The predicted molar refractivity (Wildman–Crippen MR) is 68.2 cm³/mol. The summed E-state index contributed by atoms with van der Waals surface area (Å²) in [4.78, 5) is 21.1. The van der Waals surface area contributed by atoms with Crippen molar-refractivity contribution in [3.63, 3.8) is 0 Å². The van der Waals surface area contributed by atoms with E-state index < -0.39 is 10.8 Å². The van der Waals surface area contributed by atoms with Crippen LogP contribution in [-0.2, 0) is 11.3 Å². The van der Waals surface area contributed by atoms with Gasteiger partial charge in [0, 0.05) is 35.7 Å². The Labute approximate surface area is 109 Å². The molecule has 7 heteroatoms. The van der Waals surface area contributed by atoms with E-state index >= 15 is 0 Å². The van der Waals surface area contributed by atoms with Crippen molar-refractivity contribution >= 4 is 23.2 Å². The molecular formula is C11H14ClN3O3. The molecule has 0 spiro atoms. The highest BCUT2D eigenvalue weighted by Gasteiger charge is 2.14. The van der Waals surface area contributed by atoms with Gasteiger partial charge in [0.1, 0.15) is 0 Å². The van der Waals surface area contributed by atoms with Gasteiger partial charge in [0.15, 0.2) is 0 Å². The number of hydrogen-bond acceptors (Lipinski definition) is 4. The van der Waals surface area contributed by atoms with Crippen molar-refractivity contribution in [3.8, 4) is 0 Å². The van der Waals surface area contributed by atoms with Gasteiger partial charge in [-0.1, -0.05) is 11.6 Å². The SMILES string of the molecule is CC(CC(N)=O)NCc1cc(Cl)ccc1[N+](=O)[O-]. The molecule has 6 nitrogen and oxygen atoms in total. The third-order valence-corrected chi connectivity index (χ3v) is 2.62. The Balaban J connectivity index is 2.74. The lowest BCUT2D eigenvalue weighted by molar-refractivity contribution is -0.385. The van der Waals surface area contributed by atoms with Crippen LogP contribution in [0, 0.1) is 10.1 Å². The summed E-state index contributed by atoms with van der Waals surface area (Å²) in [5, 5.41) is 14.2. The lowest BCUT2D eigenvalue weighted by Crippen LogP contribution is -2.30. The Hall–Kier alpha value is -1.66. The molecule has 0 aliphatic rings. The summed E-state index contributed by atoms with van der Waals surface area (Å²) in [6.45, 7) is 2.03. The number of carbonyl (C=O) groups excluding carboxylic acids is 1. The summed E-state index contributed by atoms with van der Waals surface area (Å²) >= 11 is 5.80. The van der Waals surface area contributed by atoms with Gasteiger partial charge in [-0.05, 0) is 19.1 Å². The minimum absolute atomic E-state index is 0.00169. The summed E-state index contributed by atoms with van der Waals surface area (Å²) in [5.74, 6) is -0.421. The third kappa shape index (κ3) is 4.31. The fourth-order valence-corrected chi connectivity index (χ4v) is 1.73. The van der Waals surface area contributed by atoms with E-state index in [4.69, 9.17) is 17.3 Å². The van der Waals surface area contributed by atoms with Gasteiger partial charge in [-0.2, -0.15) is 0 Å². The third-order valence-electron chi connectivity index (χ3n) is 2.39. The van der Waals surface area contributed by atoms with Gasteiger partial charge < -0.3 is 11.1 Å². The average molecular weight is 272 g/mol. The van der Waals surface area contributed by atoms with E-state index in [1.807, 2.05) is 0 Å². The van der Waals surface area contributed by atoms with Crippen molar-refractivity contribution in [3.05, 3.63) is 38.9 Å². The number of primary amides is 1. The number of nitrogens with one attached hydrogen (secondary N) is 1. The first kappa shape index (κ1) is 14.4. The van der Waals surface area contributed by atoms with E-state index in [0.717, 1.165) is 0 Å². The molecule has 0 heterocycles. The van der Waals surface area contributed by atoms with Crippen molar-refractivity contribution in [2.24, 2.45) is 5.73 Å². The molecular weight excluding hydrogens is 258 g/mol. The number of nitro benzene ring substituents is 1. The number of benzene rings is 1. The normalized spacial score (nSPS) is 12.1. The minimum atomic E-state index is -0.466. The summed E-state index contributed by atoms with van der Waals surface area (Å²) in [6.07, 6.45) is 0.175. The number of hydrogen-bond donors (Lipinski definition) is 2. The topological polar surface area (TPSA) is 98.3 Å². The molecule has 18 heavy (non-hydrogen) atoms. The standard InChI is InChI=1S/C11H14ClN3O3/c1-7(4-11(13)16)14-6-8-5-9(12)2-3-10(8)15(17)18/h2-3,5,7,14H,4,6H2,1H3,(H2,13,16). The number of rotatable bonds is 6. The van der Waals surface area contributed by atoms with Crippen molar-refractivity contribution in [2.45, 2.75) is 25.9 Å². The minimum Gasteiger partial charge on any atom is -0.370 e. The molecule has 0 saturated heterocycles. The van der Waals surface area contributed by atoms with Crippen LogP contribution in [0.5, 0.6) is 0 Å². The van der Waals surface area contributed by atoms with Crippen molar-refractivity contribution in [1.29, 1.82) is 0 Å². The molecule has 1 unspecified atom stereocenters. The van der Waals surface area contributed by atoms with Gasteiger partial charge in [0.2, 0.25) is 5.91 Å². The maximum atomic E-state index is 10.8. The fourth-order valence-electron chi connectivity index (χ4n) is 1.53. The zero-order valence-corrected chi connectivity index (χ0v) is 10.6. The second kappa shape index (κ2) is 6.32. The van der Waals surface area contributed by atoms with E-state index in [-0.39, 0.29) is 24.7 Å². The van der Waals surface area contributed by atoms with Gasteiger partial charge in [-0.25, -0.2) is 0 Å². The smallest absolute Gasteiger partial charge is 0.273 e. The van der Waals surface area contributed by atoms with Gasteiger partial charge >= 0.3 is 0 Å². The van der Waals surface area contributed by atoms with Gasteiger partial charge in [0.25, 0.3) is 5.69 Å². The second-order valence-electron chi connectivity index (χ2n) is 3.98. The molecule has 0 radical (unpaired) electrons. The number of nitro groups is 1. The molecule has 0 aliphatic carbocycles. The Kier molecular flexibility index (Phi) is 5.06. The van der Waals surface area contributed by atoms with Crippen LogP contribution in [0.15, 0.2) is 18.2 Å². The van der Waals surface area contributed by atoms with Crippen LogP contribution >= 0.6 is 11.6 Å². The molecule has 1 aromatic rings. The van der Waals surface area contributed by atoms with Crippen molar-refractivity contribution in [1.82, 2.24) is 5.32 Å². The quantitative estimate of drug-likeness (QED) is 0.606. The first-order valence-electron chi connectivity index (χ1n) is 5.34. The highest BCUT2D eigenvalue weighted by Crippen LogP contribution is 2.22. The van der Waals surface area contributed by atoms with Crippen LogP contribution in [0.1, 0.15) is 18.9 Å². The molecule has 1 aromatic carbocycles. The van der Waals surface area contributed by atoms with Crippen LogP contribution < -0.4 is 11.1 Å². The summed E-state index contributed by atoms with van der Waals surface area (Å²) in [5.41, 5.74) is 5.53. The highest BCUT2D eigenvalue weighted by molar-refractivity contribution is 6.30. The van der Waals surface area contributed by atoms with E-state index in [9.17, 15) is 14.9 Å². The number of nitrogens with two attached hydrogens (primary N) is 1. The summed E-state index contributed by atoms with van der Waals surface area (Å²) < 4.78 is 0. The van der Waals surface area contributed by atoms with Crippen LogP contribution in [-0.4, -0.2) is 16.9 Å². The first-order valence-corrected chi connectivity index (χ1v) is 5.72. The molecule has 1 atom stereocenters. The maximum Gasteiger partial charge on any atom is 0.273 e.